The molecule has 7 nitrogen and oxygen atoms in total. The lowest BCUT2D eigenvalue weighted by Crippen LogP contribution is -2.40. The van der Waals surface area contributed by atoms with Crippen LogP contribution in [0.5, 0.6) is 0 Å². The lowest BCUT2D eigenvalue weighted by molar-refractivity contribution is -0.121. The first-order valence-electron chi connectivity index (χ1n) is 7.70. The highest BCUT2D eigenvalue weighted by Crippen LogP contribution is 2.20. The van der Waals surface area contributed by atoms with Crippen LogP contribution < -0.4 is 16.0 Å². The van der Waals surface area contributed by atoms with Crippen molar-refractivity contribution in [3.8, 4) is 11.4 Å². The van der Waals surface area contributed by atoms with Crippen LogP contribution in [0.2, 0.25) is 0 Å². The van der Waals surface area contributed by atoms with Gasteiger partial charge in [0, 0.05) is 35.6 Å². The minimum atomic E-state index is -0.407. The van der Waals surface area contributed by atoms with Crippen molar-refractivity contribution in [2.75, 3.05) is 5.32 Å². The number of hydrogen-bond acceptors (Lipinski definition) is 5. The molecule has 1 heterocycles. The van der Waals surface area contributed by atoms with Gasteiger partial charge in [-0.3, -0.25) is 10.1 Å². The second-order valence-corrected chi connectivity index (χ2v) is 6.47. The van der Waals surface area contributed by atoms with Crippen LogP contribution in [0.1, 0.15) is 27.2 Å². The molecular formula is C16H21N5O2S. The number of carbonyl (C=O) groups is 2. The Hall–Kier alpha value is -2.48. The average Bonchev–Trinajstić information content (AvgIpc) is 2.95. The Morgan fingerprint density at radius 1 is 1.12 bits per heavy atom. The highest BCUT2D eigenvalue weighted by atomic mass is 32.1. The first kappa shape index (κ1) is 17.9. The molecule has 0 bridgehead atoms. The Balaban J connectivity index is 1.84. The van der Waals surface area contributed by atoms with Crippen molar-refractivity contribution in [2.45, 2.75) is 39.3 Å². The van der Waals surface area contributed by atoms with Crippen LogP contribution in [0.25, 0.3) is 11.4 Å². The summed E-state index contributed by atoms with van der Waals surface area (Å²) in [4.78, 5) is 27.9. The van der Waals surface area contributed by atoms with Crippen molar-refractivity contribution in [1.82, 2.24) is 20.0 Å². The van der Waals surface area contributed by atoms with Gasteiger partial charge in [-0.25, -0.2) is 4.79 Å². The van der Waals surface area contributed by atoms with E-state index in [-0.39, 0.29) is 24.4 Å². The zero-order valence-corrected chi connectivity index (χ0v) is 14.7. The third-order valence-electron chi connectivity index (χ3n) is 3.00. The second-order valence-electron chi connectivity index (χ2n) is 5.72. The Bertz CT molecular complexity index is 687. The molecule has 8 heteroatoms. The van der Waals surface area contributed by atoms with Crippen LogP contribution >= 0.6 is 11.5 Å². The number of urea groups is 1. The fourth-order valence-corrected chi connectivity index (χ4v) is 2.63. The summed E-state index contributed by atoms with van der Waals surface area (Å²) >= 11 is 1.11. The van der Waals surface area contributed by atoms with Gasteiger partial charge in [0.25, 0.3) is 0 Å². The fraction of sp³-hybridized carbons (Fsp3) is 0.375. The number of carbonyl (C=O) groups excluding carboxylic acids is 2. The van der Waals surface area contributed by atoms with Crippen LogP contribution in [0.4, 0.5) is 9.93 Å². The van der Waals surface area contributed by atoms with Gasteiger partial charge >= 0.3 is 6.03 Å². The van der Waals surface area contributed by atoms with Gasteiger partial charge < -0.3 is 10.6 Å². The summed E-state index contributed by atoms with van der Waals surface area (Å²) in [5.74, 6) is 0.473. The summed E-state index contributed by atoms with van der Waals surface area (Å²) in [7, 11) is 0. The lowest BCUT2D eigenvalue weighted by Gasteiger charge is -2.14. The van der Waals surface area contributed by atoms with E-state index in [0.717, 1.165) is 17.1 Å². The minimum absolute atomic E-state index is 0.0799. The standard InChI is InChI=1S/C16H21N5O2S/c1-10(2)17-13(22)9-11(3)18-15(23)20-16-19-14(21-24-16)12-7-5-4-6-8-12/h4-8,10-11H,9H2,1-3H3,(H,17,22)(H2,18,19,20,21,23)/t11-/m0/s1. The molecule has 1 aromatic carbocycles. The van der Waals surface area contributed by atoms with Crippen molar-refractivity contribution >= 4 is 28.6 Å². The Morgan fingerprint density at radius 3 is 2.50 bits per heavy atom. The maximum Gasteiger partial charge on any atom is 0.321 e. The predicted molar refractivity (Wildman–Crippen MR) is 94.9 cm³/mol. The molecule has 1 atom stereocenters. The maximum atomic E-state index is 12.0. The largest absolute Gasteiger partial charge is 0.354 e. The number of benzene rings is 1. The quantitative estimate of drug-likeness (QED) is 0.748. The molecule has 0 saturated carbocycles. The van der Waals surface area contributed by atoms with Crippen LogP contribution in [-0.2, 0) is 4.79 Å². The van der Waals surface area contributed by atoms with E-state index in [1.165, 1.54) is 0 Å². The van der Waals surface area contributed by atoms with Gasteiger partial charge in [-0.1, -0.05) is 30.3 Å². The number of nitrogens with one attached hydrogen (secondary N) is 3. The molecule has 3 amide bonds. The zero-order valence-electron chi connectivity index (χ0n) is 13.9. The fourth-order valence-electron chi connectivity index (χ4n) is 2.05. The molecule has 0 aliphatic carbocycles. The summed E-state index contributed by atoms with van der Waals surface area (Å²) in [5.41, 5.74) is 0.890. The molecule has 3 N–H and O–H groups in total. The molecule has 0 saturated heterocycles. The smallest absolute Gasteiger partial charge is 0.321 e. The Kier molecular flexibility index (Phi) is 6.25. The summed E-state index contributed by atoms with van der Waals surface area (Å²) in [5, 5.41) is 8.54. The number of rotatable bonds is 6. The van der Waals surface area contributed by atoms with Gasteiger partial charge in [0.1, 0.15) is 0 Å². The van der Waals surface area contributed by atoms with Crippen LogP contribution in [0, 0.1) is 0 Å². The van der Waals surface area contributed by atoms with Gasteiger partial charge in [0.2, 0.25) is 11.0 Å². The third kappa shape index (κ3) is 5.62. The molecule has 0 fully saturated rings. The first-order chi connectivity index (χ1) is 11.4. The molecule has 0 radical (unpaired) electrons. The predicted octanol–water partition coefficient (Wildman–Crippen LogP) is 2.63. The molecule has 1 aromatic heterocycles. The Labute approximate surface area is 145 Å². The molecule has 0 unspecified atom stereocenters. The summed E-state index contributed by atoms with van der Waals surface area (Å²) in [6.07, 6.45) is 0.219. The molecule has 0 aliphatic heterocycles. The third-order valence-corrected chi connectivity index (χ3v) is 3.63. The lowest BCUT2D eigenvalue weighted by atomic mass is 10.2. The molecule has 2 rings (SSSR count). The van der Waals surface area contributed by atoms with Gasteiger partial charge in [-0.15, -0.1) is 0 Å². The van der Waals surface area contributed by atoms with E-state index in [2.05, 4.69) is 25.3 Å². The number of hydrogen-bond donors (Lipinski definition) is 3. The highest BCUT2D eigenvalue weighted by molar-refractivity contribution is 7.10. The van der Waals surface area contributed by atoms with Crippen molar-refractivity contribution in [3.63, 3.8) is 0 Å². The number of nitrogens with zero attached hydrogens (tertiary/aromatic N) is 2. The Morgan fingerprint density at radius 2 is 1.83 bits per heavy atom. The number of amides is 3. The minimum Gasteiger partial charge on any atom is -0.354 e. The molecule has 128 valence electrons. The van der Waals surface area contributed by atoms with Crippen LogP contribution in [0.15, 0.2) is 30.3 Å². The van der Waals surface area contributed by atoms with E-state index in [9.17, 15) is 9.59 Å². The van der Waals surface area contributed by atoms with E-state index in [1.807, 2.05) is 44.2 Å². The number of anilines is 1. The SMILES string of the molecule is CC(C)NC(=O)C[C@H](C)NC(=O)Nc1nc(-c2ccccc2)ns1. The molecule has 2 aromatic rings. The summed E-state index contributed by atoms with van der Waals surface area (Å²) in [6.45, 7) is 5.56. The van der Waals surface area contributed by atoms with E-state index in [1.54, 1.807) is 6.92 Å². The van der Waals surface area contributed by atoms with E-state index in [0.29, 0.717) is 11.0 Å². The molecule has 0 spiro atoms. The van der Waals surface area contributed by atoms with Gasteiger partial charge in [0.15, 0.2) is 5.82 Å². The monoisotopic (exact) mass is 347 g/mol. The van der Waals surface area contributed by atoms with Crippen molar-refractivity contribution < 1.29 is 9.59 Å². The second kappa shape index (κ2) is 8.39. The molecular weight excluding hydrogens is 326 g/mol. The van der Waals surface area contributed by atoms with Crippen molar-refractivity contribution in [1.29, 1.82) is 0 Å². The summed E-state index contributed by atoms with van der Waals surface area (Å²) in [6, 6.07) is 8.92. The molecule has 24 heavy (non-hydrogen) atoms. The number of aromatic nitrogens is 2. The van der Waals surface area contributed by atoms with Crippen LogP contribution in [-0.4, -0.2) is 33.4 Å². The van der Waals surface area contributed by atoms with Gasteiger partial charge in [-0.2, -0.15) is 9.36 Å². The molecule has 0 aliphatic rings. The topological polar surface area (TPSA) is 96.0 Å². The average molecular weight is 347 g/mol. The van der Waals surface area contributed by atoms with Gasteiger partial charge in [0.05, 0.1) is 0 Å². The van der Waals surface area contributed by atoms with E-state index >= 15 is 0 Å². The maximum absolute atomic E-state index is 12.0. The van der Waals surface area contributed by atoms with E-state index in [4.69, 9.17) is 0 Å². The zero-order chi connectivity index (χ0) is 17.5. The van der Waals surface area contributed by atoms with Crippen molar-refractivity contribution in [3.05, 3.63) is 30.3 Å². The van der Waals surface area contributed by atoms with E-state index < -0.39 is 6.03 Å². The van der Waals surface area contributed by atoms with Crippen LogP contribution in [0.3, 0.4) is 0 Å². The normalized spacial score (nSPS) is 11.8. The van der Waals surface area contributed by atoms with Crippen molar-refractivity contribution in [2.24, 2.45) is 0 Å². The summed E-state index contributed by atoms with van der Waals surface area (Å²) < 4.78 is 4.22. The highest BCUT2D eigenvalue weighted by Gasteiger charge is 2.14. The first-order valence-corrected chi connectivity index (χ1v) is 8.47. The van der Waals surface area contributed by atoms with Gasteiger partial charge in [-0.05, 0) is 20.8 Å².